The first-order valence-electron chi connectivity index (χ1n) is 11.9. The molecule has 13 heteroatoms. The second-order valence-corrected chi connectivity index (χ2v) is 9.09. The lowest BCUT2D eigenvalue weighted by Gasteiger charge is -2.36. The molecule has 0 aliphatic carbocycles. The van der Waals surface area contributed by atoms with Crippen molar-refractivity contribution >= 4 is 40.1 Å². The fraction of sp³-hybridized carbons (Fsp3) is 0.375. The quantitative estimate of drug-likeness (QED) is 0.365. The number of non-ortho nitro benzene ring substituents is 1. The van der Waals surface area contributed by atoms with Crippen LogP contribution in [0.4, 0.5) is 26.2 Å². The lowest BCUT2D eigenvalue weighted by atomic mass is 10.2. The topological polar surface area (TPSA) is 137 Å². The molecule has 194 valence electrons. The molecule has 0 bridgehead atoms. The van der Waals surface area contributed by atoms with Gasteiger partial charge < -0.3 is 19.9 Å². The average Bonchev–Trinajstić information content (AvgIpc) is 3.45. The fourth-order valence-electron chi connectivity index (χ4n) is 4.61. The highest BCUT2D eigenvalue weighted by Gasteiger charge is 2.33. The van der Waals surface area contributed by atoms with Crippen LogP contribution in [-0.2, 0) is 16.1 Å². The van der Waals surface area contributed by atoms with Gasteiger partial charge in [-0.1, -0.05) is 0 Å². The van der Waals surface area contributed by atoms with Crippen LogP contribution < -0.4 is 15.1 Å². The Balaban J connectivity index is 1.18. The number of nitro benzene ring substituents is 1. The maximum Gasteiger partial charge on any atom is 0.414 e. The number of nitrogens with one attached hydrogen (secondary N) is 2. The molecule has 2 N–H and O–H groups in total. The van der Waals surface area contributed by atoms with E-state index in [9.17, 15) is 19.7 Å². The predicted molar refractivity (Wildman–Crippen MR) is 133 cm³/mol. The number of piperazine rings is 1. The number of cyclic esters (lactones) is 1. The number of aromatic nitrogens is 2. The summed E-state index contributed by atoms with van der Waals surface area (Å²) < 4.78 is 20.3. The van der Waals surface area contributed by atoms with Gasteiger partial charge in [0.2, 0.25) is 5.91 Å². The monoisotopic (exact) mass is 511 g/mol. The van der Waals surface area contributed by atoms with Crippen molar-refractivity contribution in [2.75, 3.05) is 49.1 Å². The Hall–Kier alpha value is -4.26. The summed E-state index contributed by atoms with van der Waals surface area (Å²) in [6, 6.07) is 9.24. The van der Waals surface area contributed by atoms with Crippen LogP contribution in [0.3, 0.4) is 0 Å². The average molecular weight is 512 g/mol. The van der Waals surface area contributed by atoms with Crippen molar-refractivity contribution in [3.05, 3.63) is 58.2 Å². The number of fused-ring (bicyclic) bond motifs is 1. The number of anilines is 2. The van der Waals surface area contributed by atoms with E-state index in [1.807, 2.05) is 4.90 Å². The Labute approximate surface area is 211 Å². The lowest BCUT2D eigenvalue weighted by Crippen LogP contribution is -2.46. The molecule has 0 radical (unpaired) electrons. The van der Waals surface area contributed by atoms with Gasteiger partial charge in [0.15, 0.2) is 0 Å². The summed E-state index contributed by atoms with van der Waals surface area (Å²) in [5.41, 5.74) is 2.15. The van der Waals surface area contributed by atoms with E-state index in [-0.39, 0.29) is 24.7 Å². The largest absolute Gasteiger partial charge is 0.442 e. The molecule has 2 amide bonds. The number of hydrogen-bond acceptors (Lipinski definition) is 8. The normalized spacial score (nSPS) is 18.3. The zero-order valence-corrected chi connectivity index (χ0v) is 20.1. The van der Waals surface area contributed by atoms with E-state index in [1.54, 1.807) is 18.2 Å². The van der Waals surface area contributed by atoms with Gasteiger partial charge in [-0.2, -0.15) is 0 Å². The van der Waals surface area contributed by atoms with Gasteiger partial charge in [-0.15, -0.1) is 0 Å². The van der Waals surface area contributed by atoms with Gasteiger partial charge in [-0.05, 0) is 24.3 Å². The molecule has 0 saturated carbocycles. The number of halogens is 1. The van der Waals surface area contributed by atoms with Gasteiger partial charge in [0.1, 0.15) is 17.7 Å². The Morgan fingerprint density at radius 2 is 2.03 bits per heavy atom. The highest BCUT2D eigenvalue weighted by atomic mass is 19.1. The van der Waals surface area contributed by atoms with Crippen LogP contribution in [0, 0.1) is 15.9 Å². The smallest absolute Gasteiger partial charge is 0.414 e. The van der Waals surface area contributed by atoms with Crippen molar-refractivity contribution in [1.29, 1.82) is 0 Å². The number of ether oxygens (including phenoxy) is 1. The van der Waals surface area contributed by atoms with Crippen molar-refractivity contribution in [2.24, 2.45) is 0 Å². The van der Waals surface area contributed by atoms with Crippen LogP contribution >= 0.6 is 0 Å². The van der Waals surface area contributed by atoms with E-state index in [1.165, 1.54) is 30.0 Å². The maximum absolute atomic E-state index is 15.1. The van der Waals surface area contributed by atoms with E-state index >= 15 is 4.39 Å². The van der Waals surface area contributed by atoms with Gasteiger partial charge in [-0.3, -0.25) is 24.7 Å². The summed E-state index contributed by atoms with van der Waals surface area (Å²) in [7, 11) is 0. The van der Waals surface area contributed by atoms with Crippen molar-refractivity contribution in [2.45, 2.75) is 19.6 Å². The summed E-state index contributed by atoms with van der Waals surface area (Å²) in [5, 5.41) is 13.6. The molecule has 12 nitrogen and oxygen atoms in total. The number of carbonyl (C=O) groups excluding carboxylic acids is 2. The predicted octanol–water partition coefficient (Wildman–Crippen LogP) is 2.39. The molecule has 1 aromatic heterocycles. The van der Waals surface area contributed by atoms with Crippen LogP contribution in [0.1, 0.15) is 12.7 Å². The number of imidazole rings is 1. The van der Waals surface area contributed by atoms with E-state index in [0.717, 1.165) is 5.52 Å². The van der Waals surface area contributed by atoms with Crippen molar-refractivity contribution < 1.29 is 23.6 Å². The fourth-order valence-corrected chi connectivity index (χ4v) is 4.61. The second kappa shape index (κ2) is 10.0. The standard InChI is InChI=1S/C24H26FN7O5/c1-15(33)26-12-18-13-31(24(34)37-18)16-3-5-22(19(25)10-16)30-8-6-29(7-9-30)14-23-27-20-4-2-17(32(35)36)11-21(20)28-23/h2-5,10-11,18H,6-9,12-14H2,1H3,(H,26,33)(H,27,28)/t18-/m0/s1. The Morgan fingerprint density at radius 1 is 1.24 bits per heavy atom. The zero-order chi connectivity index (χ0) is 26.1. The number of carbonyl (C=O) groups is 2. The SMILES string of the molecule is CC(=O)NC[C@H]1CN(c2ccc(N3CCN(Cc4nc5cc([N+](=O)[O-])ccc5[nH]4)CC3)c(F)c2)C(=O)O1. The minimum absolute atomic E-state index is 0.00126. The van der Waals surface area contributed by atoms with Crippen LogP contribution in [0.2, 0.25) is 0 Å². The number of hydrogen-bond donors (Lipinski definition) is 2. The highest BCUT2D eigenvalue weighted by molar-refractivity contribution is 5.90. The molecule has 3 aromatic rings. The Kier molecular flexibility index (Phi) is 6.61. The molecule has 3 heterocycles. The van der Waals surface area contributed by atoms with Crippen LogP contribution in [0.25, 0.3) is 11.0 Å². The number of nitro groups is 1. The molecule has 0 unspecified atom stereocenters. The number of rotatable bonds is 7. The number of amides is 2. The molecule has 2 aliphatic heterocycles. The molecule has 0 spiro atoms. The van der Waals surface area contributed by atoms with Crippen LogP contribution in [0.5, 0.6) is 0 Å². The molecule has 5 rings (SSSR count). The molecule has 1 atom stereocenters. The van der Waals surface area contributed by atoms with Crippen molar-refractivity contribution in [3.8, 4) is 0 Å². The Morgan fingerprint density at radius 3 is 2.73 bits per heavy atom. The van der Waals surface area contributed by atoms with E-state index in [0.29, 0.717) is 55.4 Å². The minimum atomic E-state index is -0.573. The van der Waals surface area contributed by atoms with Crippen LogP contribution in [0.15, 0.2) is 36.4 Å². The van der Waals surface area contributed by atoms with Gasteiger partial charge in [-0.25, -0.2) is 14.2 Å². The number of aromatic amines is 1. The molecular weight excluding hydrogens is 485 g/mol. The summed E-state index contributed by atoms with van der Waals surface area (Å²) in [6.45, 7) is 4.94. The van der Waals surface area contributed by atoms with Gasteiger partial charge in [0.05, 0.1) is 47.0 Å². The van der Waals surface area contributed by atoms with Gasteiger partial charge in [0, 0.05) is 45.2 Å². The first-order valence-corrected chi connectivity index (χ1v) is 11.9. The van der Waals surface area contributed by atoms with E-state index in [2.05, 4.69) is 20.2 Å². The first-order chi connectivity index (χ1) is 17.8. The van der Waals surface area contributed by atoms with Crippen molar-refractivity contribution in [1.82, 2.24) is 20.2 Å². The van der Waals surface area contributed by atoms with Crippen molar-refractivity contribution in [3.63, 3.8) is 0 Å². The highest BCUT2D eigenvalue weighted by Crippen LogP contribution is 2.29. The molecular formula is C24H26FN7O5. The third-order valence-electron chi connectivity index (χ3n) is 6.51. The van der Waals surface area contributed by atoms with Crippen LogP contribution in [-0.4, -0.2) is 77.2 Å². The number of H-pyrrole nitrogens is 1. The Bertz CT molecular complexity index is 1350. The molecule has 2 aliphatic rings. The summed E-state index contributed by atoms with van der Waals surface area (Å²) >= 11 is 0. The third-order valence-corrected chi connectivity index (χ3v) is 6.51. The lowest BCUT2D eigenvalue weighted by molar-refractivity contribution is -0.384. The third kappa shape index (κ3) is 5.31. The van der Waals surface area contributed by atoms with E-state index < -0.39 is 22.9 Å². The minimum Gasteiger partial charge on any atom is -0.442 e. The molecule has 37 heavy (non-hydrogen) atoms. The number of nitrogens with zero attached hydrogens (tertiary/aromatic N) is 5. The summed E-state index contributed by atoms with van der Waals surface area (Å²) in [4.78, 5) is 47.1. The molecule has 2 saturated heterocycles. The molecule has 2 aromatic carbocycles. The first kappa shape index (κ1) is 24.4. The van der Waals surface area contributed by atoms with E-state index in [4.69, 9.17) is 4.74 Å². The number of benzene rings is 2. The maximum atomic E-state index is 15.1. The second-order valence-electron chi connectivity index (χ2n) is 9.09. The summed E-state index contributed by atoms with van der Waals surface area (Å²) in [5.74, 6) is 0.0746. The van der Waals surface area contributed by atoms with Gasteiger partial charge >= 0.3 is 6.09 Å². The van der Waals surface area contributed by atoms with Gasteiger partial charge in [0.25, 0.3) is 5.69 Å². The summed E-state index contributed by atoms with van der Waals surface area (Å²) in [6.07, 6.45) is -1.06. The zero-order valence-electron chi connectivity index (χ0n) is 20.1. The molecule has 2 fully saturated rings.